The summed E-state index contributed by atoms with van der Waals surface area (Å²) in [7, 11) is 3.78. The van der Waals surface area contributed by atoms with Crippen LogP contribution >= 0.6 is 0 Å². The fourth-order valence-corrected chi connectivity index (χ4v) is 2.86. The molecule has 6 nitrogen and oxygen atoms in total. The molecule has 2 amide bonds. The second-order valence-electron chi connectivity index (χ2n) is 6.36. The molecule has 6 heteroatoms. The Morgan fingerprint density at radius 2 is 2.00 bits per heavy atom. The molecule has 1 fully saturated rings. The van der Waals surface area contributed by atoms with Crippen LogP contribution in [-0.2, 0) is 11.3 Å². The van der Waals surface area contributed by atoms with Crippen LogP contribution in [0.3, 0.4) is 0 Å². The fourth-order valence-electron chi connectivity index (χ4n) is 2.86. The largest absolute Gasteiger partial charge is 0.363 e. The van der Waals surface area contributed by atoms with E-state index in [1.54, 1.807) is 17.0 Å². The summed E-state index contributed by atoms with van der Waals surface area (Å²) in [5.41, 5.74) is 1.55. The van der Waals surface area contributed by atoms with Crippen molar-refractivity contribution in [3.05, 3.63) is 59.8 Å². The van der Waals surface area contributed by atoms with Gasteiger partial charge in [0.05, 0.1) is 5.56 Å². The molecule has 3 rings (SSSR count). The standard InChI is InChI=1S/C19H22N4O2/c1-22(2)17-9-8-15(12-20-17)18(24)21-16-10-11-23(19(16)25)13-14-6-4-3-5-7-14/h3-9,12,16H,10-11,13H2,1-2H3,(H,21,24)/t16-/m1/s1. The van der Waals surface area contributed by atoms with Crippen LogP contribution in [0.25, 0.3) is 0 Å². The molecule has 1 aromatic carbocycles. The molecule has 2 heterocycles. The number of nitrogens with one attached hydrogen (secondary N) is 1. The van der Waals surface area contributed by atoms with Gasteiger partial charge in [-0.3, -0.25) is 9.59 Å². The normalized spacial score (nSPS) is 16.8. The number of hydrogen-bond donors (Lipinski definition) is 1. The number of carbonyl (C=O) groups excluding carboxylic acids is 2. The van der Waals surface area contributed by atoms with Gasteiger partial charge in [0.1, 0.15) is 11.9 Å². The molecule has 0 saturated carbocycles. The van der Waals surface area contributed by atoms with Gasteiger partial charge in [0.2, 0.25) is 5.91 Å². The van der Waals surface area contributed by atoms with Crippen LogP contribution in [0.15, 0.2) is 48.7 Å². The number of hydrogen-bond acceptors (Lipinski definition) is 4. The first-order chi connectivity index (χ1) is 12.0. The van der Waals surface area contributed by atoms with Crippen LogP contribution in [0, 0.1) is 0 Å². The van der Waals surface area contributed by atoms with E-state index in [-0.39, 0.29) is 11.8 Å². The second-order valence-corrected chi connectivity index (χ2v) is 6.36. The number of pyridine rings is 1. The van der Waals surface area contributed by atoms with E-state index in [1.165, 1.54) is 6.20 Å². The van der Waals surface area contributed by atoms with Gasteiger partial charge in [0.25, 0.3) is 5.91 Å². The molecule has 0 spiro atoms. The number of amides is 2. The summed E-state index contributed by atoms with van der Waals surface area (Å²) in [6.07, 6.45) is 2.16. The Hall–Kier alpha value is -2.89. The monoisotopic (exact) mass is 338 g/mol. The van der Waals surface area contributed by atoms with Crippen molar-refractivity contribution in [2.24, 2.45) is 0 Å². The zero-order chi connectivity index (χ0) is 17.8. The van der Waals surface area contributed by atoms with Gasteiger partial charge < -0.3 is 15.1 Å². The lowest BCUT2D eigenvalue weighted by Gasteiger charge is -2.17. The van der Waals surface area contributed by atoms with Crippen LogP contribution < -0.4 is 10.2 Å². The average molecular weight is 338 g/mol. The van der Waals surface area contributed by atoms with Crippen LogP contribution in [0.4, 0.5) is 5.82 Å². The molecule has 0 radical (unpaired) electrons. The van der Waals surface area contributed by atoms with E-state index in [4.69, 9.17) is 0 Å². The zero-order valence-electron chi connectivity index (χ0n) is 14.5. The van der Waals surface area contributed by atoms with Crippen LogP contribution in [0.5, 0.6) is 0 Å². The van der Waals surface area contributed by atoms with Gasteiger partial charge in [-0.25, -0.2) is 4.98 Å². The first kappa shape index (κ1) is 17.0. The van der Waals surface area contributed by atoms with Crippen molar-refractivity contribution in [1.29, 1.82) is 0 Å². The van der Waals surface area contributed by atoms with Crippen molar-refractivity contribution >= 4 is 17.6 Å². The minimum atomic E-state index is -0.468. The van der Waals surface area contributed by atoms with E-state index in [1.807, 2.05) is 49.3 Å². The Morgan fingerprint density at radius 3 is 2.64 bits per heavy atom. The summed E-state index contributed by atoms with van der Waals surface area (Å²) in [6.45, 7) is 1.22. The highest BCUT2D eigenvalue weighted by molar-refractivity contribution is 5.97. The third kappa shape index (κ3) is 3.96. The van der Waals surface area contributed by atoms with Gasteiger partial charge in [-0.15, -0.1) is 0 Å². The molecule has 1 atom stereocenters. The van der Waals surface area contributed by atoms with Gasteiger partial charge in [-0.2, -0.15) is 0 Å². The highest BCUT2D eigenvalue weighted by Gasteiger charge is 2.32. The fraction of sp³-hybridized carbons (Fsp3) is 0.316. The van der Waals surface area contributed by atoms with Crippen molar-refractivity contribution in [2.75, 3.05) is 25.5 Å². The summed E-state index contributed by atoms with van der Waals surface area (Å²) in [5, 5.41) is 2.83. The van der Waals surface area contributed by atoms with E-state index in [9.17, 15) is 9.59 Å². The van der Waals surface area contributed by atoms with Crippen LogP contribution in [0.1, 0.15) is 22.3 Å². The molecule has 1 aliphatic rings. The minimum absolute atomic E-state index is 0.0323. The third-order valence-corrected chi connectivity index (χ3v) is 4.29. The molecule has 2 aromatic rings. The Morgan fingerprint density at radius 1 is 1.24 bits per heavy atom. The molecule has 1 aromatic heterocycles. The lowest BCUT2D eigenvalue weighted by Crippen LogP contribution is -2.41. The summed E-state index contributed by atoms with van der Waals surface area (Å²) < 4.78 is 0. The molecule has 0 bridgehead atoms. The smallest absolute Gasteiger partial charge is 0.253 e. The summed E-state index contributed by atoms with van der Waals surface area (Å²) in [4.78, 5) is 32.7. The number of rotatable bonds is 5. The molecular weight excluding hydrogens is 316 g/mol. The predicted octanol–water partition coefficient (Wildman–Crippen LogP) is 1.68. The third-order valence-electron chi connectivity index (χ3n) is 4.29. The highest BCUT2D eigenvalue weighted by Crippen LogP contribution is 2.16. The second kappa shape index (κ2) is 7.34. The lowest BCUT2D eigenvalue weighted by molar-refractivity contribution is -0.129. The first-order valence-corrected chi connectivity index (χ1v) is 8.31. The number of aromatic nitrogens is 1. The van der Waals surface area contributed by atoms with Crippen LogP contribution in [-0.4, -0.2) is 48.4 Å². The number of carbonyl (C=O) groups is 2. The Kier molecular flexibility index (Phi) is 4.97. The number of anilines is 1. The van der Waals surface area contributed by atoms with Crippen molar-refractivity contribution in [3.8, 4) is 0 Å². The van der Waals surface area contributed by atoms with E-state index in [2.05, 4.69) is 10.3 Å². The SMILES string of the molecule is CN(C)c1ccc(C(=O)N[C@@H]2CCN(Cc3ccccc3)C2=O)cn1. The van der Waals surface area contributed by atoms with E-state index in [0.29, 0.717) is 25.1 Å². The van der Waals surface area contributed by atoms with Crippen molar-refractivity contribution in [1.82, 2.24) is 15.2 Å². The first-order valence-electron chi connectivity index (χ1n) is 8.31. The molecular formula is C19H22N4O2. The molecule has 1 N–H and O–H groups in total. The van der Waals surface area contributed by atoms with Crippen molar-refractivity contribution < 1.29 is 9.59 Å². The summed E-state index contributed by atoms with van der Waals surface area (Å²) in [5.74, 6) is 0.482. The number of likely N-dealkylation sites (tertiary alicyclic amines) is 1. The molecule has 1 saturated heterocycles. The highest BCUT2D eigenvalue weighted by atomic mass is 16.2. The maximum Gasteiger partial charge on any atom is 0.253 e. The lowest BCUT2D eigenvalue weighted by atomic mass is 10.2. The van der Waals surface area contributed by atoms with Gasteiger partial charge in [0, 0.05) is 33.4 Å². The van der Waals surface area contributed by atoms with Gasteiger partial charge >= 0.3 is 0 Å². The Balaban J connectivity index is 1.59. The van der Waals surface area contributed by atoms with E-state index < -0.39 is 6.04 Å². The summed E-state index contributed by atoms with van der Waals surface area (Å²) in [6, 6.07) is 12.9. The van der Waals surface area contributed by atoms with Crippen LogP contribution in [0.2, 0.25) is 0 Å². The number of nitrogens with zero attached hydrogens (tertiary/aromatic N) is 3. The summed E-state index contributed by atoms with van der Waals surface area (Å²) >= 11 is 0. The molecule has 0 unspecified atom stereocenters. The number of benzene rings is 1. The molecule has 1 aliphatic heterocycles. The molecule has 0 aliphatic carbocycles. The van der Waals surface area contributed by atoms with E-state index >= 15 is 0 Å². The Bertz CT molecular complexity index is 744. The van der Waals surface area contributed by atoms with E-state index in [0.717, 1.165) is 11.4 Å². The van der Waals surface area contributed by atoms with Gasteiger partial charge in [-0.1, -0.05) is 30.3 Å². The zero-order valence-corrected chi connectivity index (χ0v) is 14.5. The van der Waals surface area contributed by atoms with Gasteiger partial charge in [-0.05, 0) is 24.1 Å². The van der Waals surface area contributed by atoms with Crippen molar-refractivity contribution in [2.45, 2.75) is 19.0 Å². The van der Waals surface area contributed by atoms with Gasteiger partial charge in [0.15, 0.2) is 0 Å². The van der Waals surface area contributed by atoms with Crippen molar-refractivity contribution in [3.63, 3.8) is 0 Å². The quantitative estimate of drug-likeness (QED) is 0.901. The molecule has 130 valence electrons. The Labute approximate surface area is 147 Å². The maximum atomic E-state index is 12.5. The predicted molar refractivity (Wildman–Crippen MR) is 96.3 cm³/mol. The maximum absolute atomic E-state index is 12.5. The average Bonchev–Trinajstić information content (AvgIpc) is 2.96. The topological polar surface area (TPSA) is 65.5 Å². The minimum Gasteiger partial charge on any atom is -0.363 e. The molecule has 25 heavy (non-hydrogen) atoms.